The molecule has 162 valence electrons. The second-order valence-corrected chi connectivity index (χ2v) is 7.47. The molecule has 0 unspecified atom stereocenters. The summed E-state index contributed by atoms with van der Waals surface area (Å²) in [5.41, 5.74) is 2.32. The molecule has 32 heavy (non-hydrogen) atoms. The topological polar surface area (TPSA) is 79.7 Å². The Bertz CT molecular complexity index is 1130. The Balaban J connectivity index is 1.73. The molecule has 0 aliphatic carbocycles. The highest BCUT2D eigenvalue weighted by molar-refractivity contribution is 6.46. The molecule has 1 aliphatic rings. The Morgan fingerprint density at radius 3 is 2.34 bits per heavy atom. The molecule has 4 rings (SSSR count). The highest BCUT2D eigenvalue weighted by atomic mass is 16.5. The van der Waals surface area contributed by atoms with E-state index in [-0.39, 0.29) is 11.3 Å². The normalized spacial score (nSPS) is 17.5. The summed E-state index contributed by atoms with van der Waals surface area (Å²) in [6.45, 7) is 2.76. The lowest BCUT2D eigenvalue weighted by molar-refractivity contribution is -0.139. The number of nitrogens with zero attached hydrogens (tertiary/aromatic N) is 2. The van der Waals surface area contributed by atoms with Crippen molar-refractivity contribution < 1.29 is 19.4 Å². The van der Waals surface area contributed by atoms with Gasteiger partial charge in [0, 0.05) is 24.5 Å². The van der Waals surface area contributed by atoms with Crippen LogP contribution in [-0.2, 0) is 16.0 Å². The van der Waals surface area contributed by atoms with E-state index < -0.39 is 17.7 Å². The Kier molecular flexibility index (Phi) is 6.31. The fraction of sp³-hybridized carbons (Fsp3) is 0.192. The van der Waals surface area contributed by atoms with Crippen LogP contribution in [-0.4, -0.2) is 39.8 Å². The van der Waals surface area contributed by atoms with E-state index in [1.807, 2.05) is 37.3 Å². The largest absolute Gasteiger partial charge is 0.507 e. The van der Waals surface area contributed by atoms with Crippen LogP contribution in [0.25, 0.3) is 5.76 Å². The molecule has 1 aromatic heterocycles. The maximum Gasteiger partial charge on any atom is 0.295 e. The number of pyridine rings is 1. The molecule has 2 aromatic carbocycles. The van der Waals surface area contributed by atoms with E-state index in [1.54, 1.807) is 48.8 Å². The van der Waals surface area contributed by atoms with Gasteiger partial charge in [0.25, 0.3) is 11.7 Å². The van der Waals surface area contributed by atoms with Crippen molar-refractivity contribution in [1.82, 2.24) is 9.88 Å². The Morgan fingerprint density at radius 1 is 1.00 bits per heavy atom. The number of carbonyl (C=O) groups is 2. The summed E-state index contributed by atoms with van der Waals surface area (Å²) in [5, 5.41) is 11.1. The number of carbonyl (C=O) groups excluding carboxylic acids is 2. The minimum atomic E-state index is -0.689. The van der Waals surface area contributed by atoms with Crippen molar-refractivity contribution in [3.63, 3.8) is 0 Å². The zero-order chi connectivity index (χ0) is 22.5. The van der Waals surface area contributed by atoms with E-state index in [4.69, 9.17) is 4.74 Å². The van der Waals surface area contributed by atoms with Gasteiger partial charge in [0.1, 0.15) is 11.5 Å². The third-order valence-electron chi connectivity index (χ3n) is 5.48. The molecule has 3 aromatic rings. The maximum atomic E-state index is 13.0. The van der Waals surface area contributed by atoms with Crippen LogP contribution in [0.1, 0.15) is 29.7 Å². The summed E-state index contributed by atoms with van der Waals surface area (Å²) in [6.07, 6.45) is 3.82. The zero-order valence-corrected chi connectivity index (χ0v) is 17.8. The number of benzene rings is 2. The molecule has 2 heterocycles. The Labute approximate surface area is 186 Å². The predicted molar refractivity (Wildman–Crippen MR) is 121 cm³/mol. The first-order valence-electron chi connectivity index (χ1n) is 10.6. The van der Waals surface area contributed by atoms with Gasteiger partial charge in [-0.3, -0.25) is 14.6 Å². The third-order valence-corrected chi connectivity index (χ3v) is 5.48. The number of aromatic nitrogens is 1. The lowest BCUT2D eigenvalue weighted by Crippen LogP contribution is -2.31. The van der Waals surface area contributed by atoms with Crippen molar-refractivity contribution in [3.05, 3.63) is 101 Å². The minimum absolute atomic E-state index is 0.0819. The van der Waals surface area contributed by atoms with Crippen LogP contribution in [0.15, 0.2) is 84.7 Å². The number of ether oxygens (including phenoxy) is 1. The van der Waals surface area contributed by atoms with Crippen molar-refractivity contribution >= 4 is 17.4 Å². The van der Waals surface area contributed by atoms with Crippen LogP contribution in [0, 0.1) is 0 Å². The van der Waals surface area contributed by atoms with E-state index in [0.717, 1.165) is 11.1 Å². The van der Waals surface area contributed by atoms with Gasteiger partial charge in [-0.2, -0.15) is 0 Å². The second kappa shape index (κ2) is 9.47. The predicted octanol–water partition coefficient (Wildman–Crippen LogP) is 4.14. The van der Waals surface area contributed by atoms with Gasteiger partial charge in [-0.25, -0.2) is 0 Å². The summed E-state index contributed by atoms with van der Waals surface area (Å²) < 4.78 is 5.45. The Hall–Kier alpha value is -3.93. The zero-order valence-electron chi connectivity index (χ0n) is 17.8. The van der Waals surface area contributed by atoms with Gasteiger partial charge in [-0.05, 0) is 60.9 Å². The number of ketones is 1. The molecule has 6 heteroatoms. The minimum Gasteiger partial charge on any atom is -0.507 e. The molecule has 1 aliphatic heterocycles. The molecule has 0 bridgehead atoms. The van der Waals surface area contributed by atoms with Crippen molar-refractivity contribution in [1.29, 1.82) is 0 Å². The van der Waals surface area contributed by atoms with Gasteiger partial charge in [0.15, 0.2) is 0 Å². The molecular formula is C26H24N2O4. The van der Waals surface area contributed by atoms with Gasteiger partial charge in [-0.15, -0.1) is 0 Å². The number of amides is 1. The highest BCUT2D eigenvalue weighted by Gasteiger charge is 2.45. The summed E-state index contributed by atoms with van der Waals surface area (Å²) in [6, 6.07) is 19.4. The molecule has 0 saturated carbocycles. The van der Waals surface area contributed by atoms with Gasteiger partial charge in [-0.1, -0.05) is 30.3 Å². The maximum absolute atomic E-state index is 13.0. The van der Waals surface area contributed by atoms with Crippen LogP contribution in [0.3, 0.4) is 0 Å². The number of aliphatic hydroxyl groups excluding tert-OH is 1. The van der Waals surface area contributed by atoms with E-state index in [0.29, 0.717) is 30.9 Å². The number of hydrogen-bond donors (Lipinski definition) is 1. The lowest BCUT2D eigenvalue weighted by atomic mass is 9.96. The number of hydrogen-bond acceptors (Lipinski definition) is 5. The fourth-order valence-electron chi connectivity index (χ4n) is 3.93. The standard InChI is InChI=1S/C26H24N2O4/c1-2-32-21-10-8-20(9-11-21)24(29)22-23(19-12-15-27-16-13-19)28(26(31)25(22)30)17-14-18-6-4-3-5-7-18/h3-13,15-16,23,29H,2,14,17H2,1H3/t23-/m0/s1. The van der Waals surface area contributed by atoms with Crippen LogP contribution in [0.5, 0.6) is 5.75 Å². The van der Waals surface area contributed by atoms with Crippen LogP contribution in [0.2, 0.25) is 0 Å². The molecule has 0 radical (unpaired) electrons. The van der Waals surface area contributed by atoms with Crippen molar-refractivity contribution in [2.45, 2.75) is 19.4 Å². The average Bonchev–Trinajstić information content (AvgIpc) is 3.09. The van der Waals surface area contributed by atoms with Crippen LogP contribution in [0.4, 0.5) is 0 Å². The fourth-order valence-corrected chi connectivity index (χ4v) is 3.93. The quantitative estimate of drug-likeness (QED) is 0.348. The smallest absolute Gasteiger partial charge is 0.295 e. The molecule has 1 fully saturated rings. The number of aliphatic hydroxyl groups is 1. The summed E-state index contributed by atoms with van der Waals surface area (Å²) >= 11 is 0. The number of likely N-dealkylation sites (tertiary alicyclic amines) is 1. The van der Waals surface area contributed by atoms with Gasteiger partial charge >= 0.3 is 0 Å². The number of rotatable bonds is 7. The summed E-state index contributed by atoms with van der Waals surface area (Å²) in [4.78, 5) is 31.6. The SMILES string of the molecule is CCOc1ccc(C(O)=C2C(=O)C(=O)N(CCc3ccccc3)[C@H]2c2ccncc2)cc1. The molecule has 1 saturated heterocycles. The second-order valence-electron chi connectivity index (χ2n) is 7.47. The van der Waals surface area contributed by atoms with Crippen molar-refractivity contribution in [2.75, 3.05) is 13.2 Å². The first-order valence-corrected chi connectivity index (χ1v) is 10.6. The molecule has 1 atom stereocenters. The van der Waals surface area contributed by atoms with E-state index in [9.17, 15) is 14.7 Å². The van der Waals surface area contributed by atoms with E-state index >= 15 is 0 Å². The first kappa shape index (κ1) is 21.3. The molecule has 1 N–H and O–H groups in total. The lowest BCUT2D eigenvalue weighted by Gasteiger charge is -2.25. The molecular weight excluding hydrogens is 404 g/mol. The average molecular weight is 428 g/mol. The molecule has 0 spiro atoms. The van der Waals surface area contributed by atoms with Crippen LogP contribution < -0.4 is 4.74 Å². The Morgan fingerprint density at radius 2 is 1.69 bits per heavy atom. The molecule has 1 amide bonds. The van der Waals surface area contributed by atoms with Gasteiger partial charge in [0.05, 0.1) is 18.2 Å². The molecule has 6 nitrogen and oxygen atoms in total. The summed E-state index contributed by atoms with van der Waals surface area (Å²) in [5.74, 6) is -0.838. The third kappa shape index (κ3) is 4.25. The summed E-state index contributed by atoms with van der Waals surface area (Å²) in [7, 11) is 0. The first-order chi connectivity index (χ1) is 15.6. The van der Waals surface area contributed by atoms with Crippen LogP contribution >= 0.6 is 0 Å². The van der Waals surface area contributed by atoms with Crippen molar-refractivity contribution in [3.8, 4) is 5.75 Å². The van der Waals surface area contributed by atoms with E-state index in [1.165, 1.54) is 4.90 Å². The van der Waals surface area contributed by atoms with Crippen molar-refractivity contribution in [2.24, 2.45) is 0 Å². The number of Topliss-reactive ketones (excluding diaryl/α,β-unsaturated/α-hetero) is 1. The van der Waals surface area contributed by atoms with Gasteiger partial charge < -0.3 is 14.7 Å². The van der Waals surface area contributed by atoms with E-state index in [2.05, 4.69) is 4.98 Å². The highest BCUT2D eigenvalue weighted by Crippen LogP contribution is 2.39. The van der Waals surface area contributed by atoms with Gasteiger partial charge in [0.2, 0.25) is 0 Å². The monoisotopic (exact) mass is 428 g/mol.